The Morgan fingerprint density at radius 1 is 1.65 bits per heavy atom. The Bertz CT molecular complexity index is 391. The molecular weight excluding hydrogens is 254 g/mol. The Kier molecular flexibility index (Phi) is 6.26. The van der Waals surface area contributed by atoms with Gasteiger partial charge < -0.3 is 13.4 Å². The SMILES string of the molecule is CON=Cc1cnc(SOCCC=C(F)F)o1. The number of oxime groups is 1. The highest BCUT2D eigenvalue weighted by atomic mass is 32.2. The van der Waals surface area contributed by atoms with Crippen molar-refractivity contribution in [1.29, 1.82) is 0 Å². The van der Waals surface area contributed by atoms with E-state index in [0.717, 1.165) is 18.1 Å². The third-order valence-corrected chi connectivity index (χ3v) is 2.03. The van der Waals surface area contributed by atoms with E-state index in [1.54, 1.807) is 0 Å². The van der Waals surface area contributed by atoms with Gasteiger partial charge in [0.1, 0.15) is 13.3 Å². The zero-order valence-electron chi connectivity index (χ0n) is 8.93. The van der Waals surface area contributed by atoms with Crippen LogP contribution in [0, 0.1) is 0 Å². The summed E-state index contributed by atoms with van der Waals surface area (Å²) in [5.41, 5.74) is 0. The van der Waals surface area contributed by atoms with Crippen LogP contribution in [0.15, 0.2) is 33.1 Å². The first kappa shape index (κ1) is 13.7. The lowest BCUT2D eigenvalue weighted by Crippen LogP contribution is -1.84. The summed E-state index contributed by atoms with van der Waals surface area (Å²) in [6.07, 6.45) is 1.99. The van der Waals surface area contributed by atoms with Crippen molar-refractivity contribution >= 4 is 18.3 Å². The van der Waals surface area contributed by atoms with Crippen LogP contribution >= 0.6 is 12.0 Å². The van der Waals surface area contributed by atoms with E-state index in [1.807, 2.05) is 0 Å². The second-order valence-corrected chi connectivity index (χ2v) is 3.38. The van der Waals surface area contributed by atoms with Gasteiger partial charge in [-0.2, -0.15) is 8.78 Å². The highest BCUT2D eigenvalue weighted by molar-refractivity contribution is 7.94. The Hall–Kier alpha value is -1.41. The predicted octanol–water partition coefficient (Wildman–Crippen LogP) is 2.85. The quantitative estimate of drug-likeness (QED) is 0.328. The van der Waals surface area contributed by atoms with Crippen molar-refractivity contribution in [3.8, 4) is 0 Å². The molecule has 94 valence electrons. The molecule has 0 radical (unpaired) electrons. The monoisotopic (exact) mass is 264 g/mol. The largest absolute Gasteiger partial charge is 0.429 e. The molecule has 1 heterocycles. The van der Waals surface area contributed by atoms with Gasteiger partial charge in [-0.25, -0.2) is 4.98 Å². The van der Waals surface area contributed by atoms with Crippen molar-refractivity contribution in [2.24, 2.45) is 5.16 Å². The first-order valence-electron chi connectivity index (χ1n) is 4.55. The molecule has 0 bridgehead atoms. The number of aromatic nitrogens is 1. The lowest BCUT2D eigenvalue weighted by atomic mass is 10.4. The molecule has 0 spiro atoms. The highest BCUT2D eigenvalue weighted by Crippen LogP contribution is 2.18. The minimum atomic E-state index is -1.72. The number of rotatable bonds is 7. The van der Waals surface area contributed by atoms with Crippen LogP contribution in [0.5, 0.6) is 0 Å². The van der Waals surface area contributed by atoms with Crippen LogP contribution in [-0.4, -0.2) is 24.9 Å². The van der Waals surface area contributed by atoms with Gasteiger partial charge in [0.25, 0.3) is 11.3 Å². The molecule has 5 nitrogen and oxygen atoms in total. The van der Waals surface area contributed by atoms with E-state index in [1.165, 1.54) is 19.5 Å². The van der Waals surface area contributed by atoms with Gasteiger partial charge in [0.2, 0.25) is 0 Å². The average Bonchev–Trinajstić information content (AvgIpc) is 2.73. The first-order chi connectivity index (χ1) is 8.22. The molecule has 0 atom stereocenters. The molecule has 0 fully saturated rings. The fourth-order valence-corrected chi connectivity index (χ4v) is 1.29. The van der Waals surface area contributed by atoms with Crippen LogP contribution in [0.1, 0.15) is 12.2 Å². The lowest BCUT2D eigenvalue weighted by molar-refractivity contribution is 0.214. The summed E-state index contributed by atoms with van der Waals surface area (Å²) < 4.78 is 33.4. The van der Waals surface area contributed by atoms with E-state index in [0.29, 0.717) is 5.76 Å². The molecule has 1 aromatic heterocycles. The van der Waals surface area contributed by atoms with Crippen LogP contribution in [0.3, 0.4) is 0 Å². The second kappa shape index (κ2) is 7.80. The molecule has 17 heavy (non-hydrogen) atoms. The van der Waals surface area contributed by atoms with Crippen molar-refractivity contribution < 1.29 is 22.2 Å². The number of hydrogen-bond donors (Lipinski definition) is 0. The van der Waals surface area contributed by atoms with E-state index in [-0.39, 0.29) is 18.3 Å². The summed E-state index contributed by atoms with van der Waals surface area (Å²) >= 11 is 0.872. The van der Waals surface area contributed by atoms with Crippen LogP contribution in [0.4, 0.5) is 8.78 Å². The molecular formula is C9H10F2N2O3S. The van der Waals surface area contributed by atoms with Crippen LogP contribution in [0.2, 0.25) is 0 Å². The molecule has 0 aromatic carbocycles. The third kappa shape index (κ3) is 6.03. The molecule has 0 saturated carbocycles. The predicted molar refractivity (Wildman–Crippen MR) is 57.8 cm³/mol. The summed E-state index contributed by atoms with van der Waals surface area (Å²) in [5.74, 6) is 0.410. The maximum Gasteiger partial charge on any atom is 0.284 e. The molecule has 0 unspecified atom stereocenters. The normalized spacial score (nSPS) is 10.8. The Morgan fingerprint density at radius 3 is 3.18 bits per heavy atom. The Balaban J connectivity index is 2.25. The number of oxazole rings is 1. The summed E-state index contributed by atoms with van der Waals surface area (Å²) in [4.78, 5) is 8.32. The van der Waals surface area contributed by atoms with E-state index in [4.69, 9.17) is 8.60 Å². The van der Waals surface area contributed by atoms with Crippen molar-refractivity contribution in [2.45, 2.75) is 11.6 Å². The van der Waals surface area contributed by atoms with Gasteiger partial charge in [-0.3, -0.25) is 0 Å². The fourth-order valence-electron chi connectivity index (χ4n) is 0.781. The van der Waals surface area contributed by atoms with E-state index in [9.17, 15) is 8.78 Å². The molecule has 0 saturated heterocycles. The summed E-state index contributed by atoms with van der Waals surface area (Å²) in [5, 5.41) is 3.76. The van der Waals surface area contributed by atoms with Gasteiger partial charge in [0, 0.05) is 0 Å². The van der Waals surface area contributed by atoms with Gasteiger partial charge >= 0.3 is 0 Å². The molecule has 1 aromatic rings. The molecule has 8 heteroatoms. The maximum absolute atomic E-state index is 11.6. The minimum absolute atomic E-state index is 0.133. The number of halogens is 2. The number of nitrogens with zero attached hydrogens (tertiary/aromatic N) is 2. The van der Waals surface area contributed by atoms with E-state index >= 15 is 0 Å². The summed E-state index contributed by atoms with van der Waals surface area (Å²) in [6.45, 7) is 0.145. The van der Waals surface area contributed by atoms with Gasteiger partial charge in [-0.1, -0.05) is 5.16 Å². The molecule has 0 aliphatic rings. The van der Waals surface area contributed by atoms with E-state index < -0.39 is 6.08 Å². The smallest absolute Gasteiger partial charge is 0.284 e. The van der Waals surface area contributed by atoms with Crippen LogP contribution in [-0.2, 0) is 9.02 Å². The van der Waals surface area contributed by atoms with Gasteiger partial charge in [-0.05, 0) is 12.5 Å². The molecule has 0 aliphatic carbocycles. The Labute approximate surface area is 101 Å². The van der Waals surface area contributed by atoms with E-state index in [2.05, 4.69) is 15.0 Å². The molecule has 0 aliphatic heterocycles. The minimum Gasteiger partial charge on any atom is -0.429 e. The fraction of sp³-hybridized carbons (Fsp3) is 0.333. The molecule has 0 amide bonds. The van der Waals surface area contributed by atoms with Crippen molar-refractivity contribution in [2.75, 3.05) is 13.7 Å². The van der Waals surface area contributed by atoms with Gasteiger partial charge in [0.05, 0.1) is 24.8 Å². The van der Waals surface area contributed by atoms with Crippen LogP contribution in [0.25, 0.3) is 0 Å². The zero-order chi connectivity index (χ0) is 12.5. The number of hydrogen-bond acceptors (Lipinski definition) is 6. The summed E-state index contributed by atoms with van der Waals surface area (Å²) in [7, 11) is 1.41. The standard InChI is InChI=1S/C9H10F2N2O3S/c1-14-13-6-7-5-12-9(16-7)17-15-4-2-3-8(10)11/h3,5-6H,2,4H2,1H3. The van der Waals surface area contributed by atoms with Crippen molar-refractivity contribution in [3.05, 3.63) is 24.1 Å². The van der Waals surface area contributed by atoms with Crippen LogP contribution < -0.4 is 0 Å². The van der Waals surface area contributed by atoms with Crippen molar-refractivity contribution in [3.63, 3.8) is 0 Å². The average molecular weight is 264 g/mol. The Morgan fingerprint density at radius 2 is 2.47 bits per heavy atom. The lowest BCUT2D eigenvalue weighted by Gasteiger charge is -1.95. The third-order valence-electron chi connectivity index (χ3n) is 1.42. The highest BCUT2D eigenvalue weighted by Gasteiger charge is 2.03. The van der Waals surface area contributed by atoms with Gasteiger partial charge in [0.15, 0.2) is 5.76 Å². The molecule has 1 rings (SSSR count). The zero-order valence-corrected chi connectivity index (χ0v) is 9.75. The molecule has 0 N–H and O–H groups in total. The first-order valence-corrected chi connectivity index (χ1v) is 5.29. The maximum atomic E-state index is 11.6. The second-order valence-electron chi connectivity index (χ2n) is 2.63. The topological polar surface area (TPSA) is 56.9 Å². The summed E-state index contributed by atoms with van der Waals surface area (Å²) in [6, 6.07) is 0. The van der Waals surface area contributed by atoms with Gasteiger partial charge in [-0.15, -0.1) is 0 Å². The van der Waals surface area contributed by atoms with Crippen molar-refractivity contribution in [1.82, 2.24) is 4.98 Å².